The molecule has 1 aromatic heterocycles. The Bertz CT molecular complexity index is 2080. The van der Waals surface area contributed by atoms with E-state index in [1.54, 1.807) is 36.7 Å². The topological polar surface area (TPSA) is 397 Å². The normalized spacial score (nSPS) is 16.2. The van der Waals surface area contributed by atoms with Gasteiger partial charge in [-0.25, -0.2) is 4.79 Å². The minimum absolute atomic E-state index is 0.0217. The number of fused-ring (bicyclic) bond motifs is 1. The summed E-state index contributed by atoms with van der Waals surface area (Å²) in [5, 5.41) is 34.1. The van der Waals surface area contributed by atoms with Gasteiger partial charge >= 0.3 is 11.9 Å². The van der Waals surface area contributed by atoms with Crippen LogP contribution in [-0.4, -0.2) is 153 Å². The molecule has 3 rings (SSSR count). The van der Waals surface area contributed by atoms with Crippen LogP contribution >= 0.6 is 11.8 Å². The van der Waals surface area contributed by atoms with Crippen molar-refractivity contribution in [3.05, 3.63) is 36.0 Å². The summed E-state index contributed by atoms with van der Waals surface area (Å²) in [5.74, 6) is -10.8. The molecular weight excluding hydrogens is 863 g/mol. The zero-order chi connectivity index (χ0) is 47.7. The van der Waals surface area contributed by atoms with Gasteiger partial charge in [-0.05, 0) is 56.2 Å². The Kier molecular flexibility index (Phi) is 20.0. The van der Waals surface area contributed by atoms with Gasteiger partial charge in [0.1, 0.15) is 42.3 Å². The quantitative estimate of drug-likeness (QED) is 0.0429. The van der Waals surface area contributed by atoms with Gasteiger partial charge < -0.3 is 69.2 Å². The number of H-pyrrole nitrogens is 1. The van der Waals surface area contributed by atoms with Gasteiger partial charge in [-0.15, -0.1) is 0 Å². The van der Waals surface area contributed by atoms with Crippen LogP contribution < -0.4 is 49.1 Å². The molecule has 1 saturated heterocycles. The number of para-hydroxylation sites is 1. The number of carbonyl (C=O) groups is 11. The number of amides is 9. The number of likely N-dealkylation sites (tertiary alicyclic amines) is 1. The number of benzene rings is 1. The predicted molar refractivity (Wildman–Crippen MR) is 228 cm³/mol. The number of nitrogens with two attached hydrogens (primary N) is 3. The van der Waals surface area contributed by atoms with Crippen LogP contribution in [0.2, 0.25) is 0 Å². The number of nitrogens with one attached hydrogen (secondary N) is 7. The van der Waals surface area contributed by atoms with Gasteiger partial charge in [0.2, 0.25) is 53.2 Å². The molecule has 9 amide bonds. The van der Waals surface area contributed by atoms with E-state index >= 15 is 0 Å². The first kappa shape index (κ1) is 51.6. The van der Waals surface area contributed by atoms with Gasteiger partial charge in [0, 0.05) is 36.5 Å². The minimum Gasteiger partial charge on any atom is -0.481 e. The van der Waals surface area contributed by atoms with Gasteiger partial charge in [-0.2, -0.15) is 11.8 Å². The van der Waals surface area contributed by atoms with E-state index in [0.717, 1.165) is 4.90 Å². The van der Waals surface area contributed by atoms with Crippen molar-refractivity contribution < 1.29 is 63.0 Å². The van der Waals surface area contributed by atoms with Crippen LogP contribution in [0.25, 0.3) is 10.9 Å². The molecule has 2 heterocycles. The smallest absolute Gasteiger partial charge is 0.326 e. The van der Waals surface area contributed by atoms with Gasteiger partial charge in [-0.3, -0.25) is 47.9 Å². The molecule has 0 saturated carbocycles. The Morgan fingerprint density at radius 3 is 1.97 bits per heavy atom. The maximum Gasteiger partial charge on any atom is 0.326 e. The van der Waals surface area contributed by atoms with Gasteiger partial charge in [0.15, 0.2) is 0 Å². The lowest BCUT2D eigenvalue weighted by Gasteiger charge is -2.30. The number of rotatable bonds is 26. The van der Waals surface area contributed by atoms with Crippen molar-refractivity contribution in [2.75, 3.05) is 25.1 Å². The number of aromatic amines is 1. The molecule has 350 valence electrons. The molecule has 0 radical (unpaired) electrons. The molecule has 0 unspecified atom stereocenters. The summed E-state index contributed by atoms with van der Waals surface area (Å²) in [6.45, 7) is 0.843. The molecule has 0 spiro atoms. The Balaban J connectivity index is 1.94. The van der Waals surface area contributed by atoms with Crippen LogP contribution in [0.5, 0.6) is 0 Å². The number of carboxylic acid groups (broad SMARTS) is 2. The van der Waals surface area contributed by atoms with E-state index in [2.05, 4.69) is 36.9 Å². The van der Waals surface area contributed by atoms with Crippen LogP contribution in [0.4, 0.5) is 0 Å². The summed E-state index contributed by atoms with van der Waals surface area (Å²) in [7, 11) is 0. The number of hydrogen-bond donors (Lipinski definition) is 12. The highest BCUT2D eigenvalue weighted by Gasteiger charge is 2.40. The van der Waals surface area contributed by atoms with Crippen molar-refractivity contribution in [1.29, 1.82) is 0 Å². The van der Waals surface area contributed by atoms with E-state index in [1.807, 2.05) is 0 Å². The van der Waals surface area contributed by atoms with E-state index in [1.165, 1.54) is 18.7 Å². The van der Waals surface area contributed by atoms with Crippen molar-refractivity contribution in [1.82, 2.24) is 41.8 Å². The maximum atomic E-state index is 14.3. The standard InChI is InChI=1S/C39H55N11O13S/c1-19(44-31(53)17-40)33(56)45-23(9-10-32(54)55)34(57)46-24(11-13-64-2)35(58)47-25(14-20-18-43-22-7-4-3-6-21(20)22)36(59)48-26(15-29(41)51)38(61)50-12-5-8-28(50)37(60)49-27(39(62)63)16-30(42)52/h3-4,6-7,18-19,23-28,43H,5,8-17,40H2,1-2H3,(H2,41,51)(H2,42,52)(H,44,53)(H,45,56)(H,46,57)(H,47,58)(H,48,59)(H,49,60)(H,54,55)(H,62,63)/t19-,23-,24-,25-,26-,27-,28-/m0/s1. The van der Waals surface area contributed by atoms with Crippen molar-refractivity contribution in [3.63, 3.8) is 0 Å². The third-order valence-corrected chi connectivity index (χ3v) is 10.7. The summed E-state index contributed by atoms with van der Waals surface area (Å²) in [5.41, 5.74) is 17.1. The lowest BCUT2D eigenvalue weighted by molar-refractivity contribution is -0.146. The fraction of sp³-hybridized carbons (Fsp3) is 0.513. The number of nitrogens with zero attached hydrogens (tertiary/aromatic N) is 1. The summed E-state index contributed by atoms with van der Waals surface area (Å²) >= 11 is 1.31. The van der Waals surface area contributed by atoms with E-state index in [0.29, 0.717) is 22.2 Å². The molecule has 1 aliphatic rings. The molecule has 24 nitrogen and oxygen atoms in total. The third kappa shape index (κ3) is 15.5. The van der Waals surface area contributed by atoms with Crippen molar-refractivity contribution in [3.8, 4) is 0 Å². The average molecular weight is 918 g/mol. The number of aliphatic carboxylic acids is 2. The molecule has 1 aromatic carbocycles. The SMILES string of the molecule is CSCC[C@H](NC(=O)[C@H](CCC(=O)O)NC(=O)[C@H](C)NC(=O)CN)C(=O)N[C@@H](Cc1c[nH]c2ccccc12)C(=O)N[C@@H](CC(N)=O)C(=O)N1CCC[C@H]1C(=O)N[C@@H](CC(N)=O)C(=O)O. The Morgan fingerprint density at radius 1 is 0.781 bits per heavy atom. The van der Waals surface area contributed by atoms with Crippen LogP contribution in [0.15, 0.2) is 30.5 Å². The summed E-state index contributed by atoms with van der Waals surface area (Å²) in [6.07, 6.45) is 0.956. The second-order valence-corrected chi connectivity index (χ2v) is 15.9. The number of carbonyl (C=O) groups excluding carboxylic acids is 9. The van der Waals surface area contributed by atoms with Crippen molar-refractivity contribution in [2.24, 2.45) is 17.2 Å². The number of thioether (sulfide) groups is 1. The molecule has 1 fully saturated rings. The van der Waals surface area contributed by atoms with Gasteiger partial charge in [-0.1, -0.05) is 18.2 Å². The average Bonchev–Trinajstić information content (AvgIpc) is 3.90. The minimum atomic E-state index is -1.70. The zero-order valence-corrected chi connectivity index (χ0v) is 36.0. The highest BCUT2D eigenvalue weighted by atomic mass is 32.2. The number of aromatic nitrogens is 1. The number of primary amides is 2. The molecule has 25 heteroatoms. The third-order valence-electron chi connectivity index (χ3n) is 10.1. The fourth-order valence-electron chi connectivity index (χ4n) is 6.82. The fourth-order valence-corrected chi connectivity index (χ4v) is 7.30. The highest BCUT2D eigenvalue weighted by Crippen LogP contribution is 2.22. The maximum absolute atomic E-state index is 14.3. The number of carboxylic acids is 2. The summed E-state index contributed by atoms with van der Waals surface area (Å²) < 4.78 is 0. The molecule has 7 atom stereocenters. The van der Waals surface area contributed by atoms with Gasteiger partial charge in [0.25, 0.3) is 0 Å². The Hall–Kier alpha value is -6.76. The Labute approximate surface area is 370 Å². The molecule has 0 aliphatic carbocycles. The first-order valence-electron chi connectivity index (χ1n) is 20.1. The monoisotopic (exact) mass is 917 g/mol. The molecular formula is C39H55N11O13S. The first-order chi connectivity index (χ1) is 30.2. The zero-order valence-electron chi connectivity index (χ0n) is 35.2. The van der Waals surface area contributed by atoms with Crippen LogP contribution in [-0.2, 0) is 59.2 Å². The molecule has 2 aromatic rings. The lowest BCUT2D eigenvalue weighted by atomic mass is 10.0. The van der Waals surface area contributed by atoms with Crippen molar-refractivity contribution >= 4 is 87.8 Å². The van der Waals surface area contributed by atoms with E-state index < -0.39 is 140 Å². The second-order valence-electron chi connectivity index (χ2n) is 14.9. The first-order valence-corrected chi connectivity index (χ1v) is 21.5. The van der Waals surface area contributed by atoms with Crippen LogP contribution in [0, 0.1) is 0 Å². The summed E-state index contributed by atoms with van der Waals surface area (Å²) in [4.78, 5) is 145. The second kappa shape index (κ2) is 24.8. The highest BCUT2D eigenvalue weighted by molar-refractivity contribution is 7.98. The largest absolute Gasteiger partial charge is 0.481 e. The molecule has 15 N–H and O–H groups in total. The Morgan fingerprint density at radius 2 is 1.36 bits per heavy atom. The van der Waals surface area contributed by atoms with E-state index in [4.69, 9.17) is 17.2 Å². The molecule has 64 heavy (non-hydrogen) atoms. The van der Waals surface area contributed by atoms with Crippen LogP contribution in [0.3, 0.4) is 0 Å². The summed E-state index contributed by atoms with van der Waals surface area (Å²) in [6, 6.07) is -3.19. The number of hydrogen-bond acceptors (Lipinski definition) is 13. The predicted octanol–water partition coefficient (Wildman–Crippen LogP) is -3.96. The van der Waals surface area contributed by atoms with Crippen molar-refractivity contribution in [2.45, 2.75) is 101 Å². The van der Waals surface area contributed by atoms with Crippen LogP contribution in [0.1, 0.15) is 57.4 Å². The van der Waals surface area contributed by atoms with E-state index in [-0.39, 0.29) is 32.2 Å². The molecule has 1 aliphatic heterocycles. The van der Waals surface area contributed by atoms with Gasteiger partial charge in [0.05, 0.1) is 19.4 Å². The molecule has 0 bridgehead atoms. The van der Waals surface area contributed by atoms with E-state index in [9.17, 15) is 63.0 Å². The lowest BCUT2D eigenvalue weighted by Crippen LogP contribution is -2.60.